The molecule has 0 aliphatic carbocycles. The van der Waals surface area contributed by atoms with Crippen LogP contribution in [0.4, 0.5) is 5.82 Å². The largest absolute Gasteiger partial charge is 0.497 e. The van der Waals surface area contributed by atoms with Gasteiger partial charge in [0.1, 0.15) is 23.6 Å². The predicted octanol–water partition coefficient (Wildman–Crippen LogP) is 2.59. The Morgan fingerprint density at radius 2 is 1.95 bits per heavy atom. The van der Waals surface area contributed by atoms with Crippen molar-refractivity contribution in [2.75, 3.05) is 26.1 Å². The molecule has 2 rings (SSSR count). The normalized spacial score (nSPS) is 10.1. The second-order valence-corrected chi connectivity index (χ2v) is 3.89. The average molecular weight is 259 g/mol. The number of aromatic nitrogens is 2. The van der Waals surface area contributed by atoms with E-state index in [1.807, 2.05) is 31.2 Å². The second kappa shape index (κ2) is 6.04. The lowest BCUT2D eigenvalue weighted by Crippen LogP contribution is -2.00. The van der Waals surface area contributed by atoms with Gasteiger partial charge in [0.2, 0.25) is 0 Å². The molecular weight excluding hydrogens is 242 g/mol. The van der Waals surface area contributed by atoms with Gasteiger partial charge >= 0.3 is 0 Å². The molecule has 0 aliphatic rings. The number of hydrogen-bond acceptors (Lipinski definition) is 5. The molecule has 0 saturated heterocycles. The number of hydrogen-bond donors (Lipinski definition) is 1. The van der Waals surface area contributed by atoms with Gasteiger partial charge < -0.3 is 14.8 Å². The zero-order valence-electron chi connectivity index (χ0n) is 11.3. The smallest absolute Gasteiger partial charge is 0.131 e. The lowest BCUT2D eigenvalue weighted by molar-refractivity contribution is 0.395. The fraction of sp³-hybridized carbons (Fsp3) is 0.286. The van der Waals surface area contributed by atoms with Crippen molar-refractivity contribution >= 4 is 5.82 Å². The van der Waals surface area contributed by atoms with Crippen LogP contribution in [0.25, 0.3) is 11.3 Å². The van der Waals surface area contributed by atoms with Crippen molar-refractivity contribution < 1.29 is 9.47 Å². The molecule has 0 bridgehead atoms. The zero-order valence-corrected chi connectivity index (χ0v) is 11.3. The van der Waals surface area contributed by atoms with E-state index in [0.29, 0.717) is 0 Å². The highest BCUT2D eigenvalue weighted by Crippen LogP contribution is 2.32. The summed E-state index contributed by atoms with van der Waals surface area (Å²) in [6.45, 7) is 2.84. The SMILES string of the molecule is CCNc1cc(-c2ccc(OC)cc2OC)ncn1. The van der Waals surface area contributed by atoms with Gasteiger partial charge in [0.15, 0.2) is 0 Å². The number of anilines is 1. The van der Waals surface area contributed by atoms with E-state index in [4.69, 9.17) is 9.47 Å². The molecule has 1 aromatic heterocycles. The van der Waals surface area contributed by atoms with Crippen LogP contribution in [0.1, 0.15) is 6.92 Å². The molecule has 100 valence electrons. The first-order valence-corrected chi connectivity index (χ1v) is 6.06. The molecule has 5 nitrogen and oxygen atoms in total. The number of nitrogens with one attached hydrogen (secondary N) is 1. The van der Waals surface area contributed by atoms with E-state index in [1.165, 1.54) is 6.33 Å². The molecule has 0 unspecified atom stereocenters. The Balaban J connectivity index is 2.43. The molecule has 0 saturated carbocycles. The Labute approximate surface area is 112 Å². The summed E-state index contributed by atoms with van der Waals surface area (Å²) in [6, 6.07) is 7.54. The third-order valence-electron chi connectivity index (χ3n) is 2.71. The van der Waals surface area contributed by atoms with Gasteiger partial charge in [0.25, 0.3) is 0 Å². The van der Waals surface area contributed by atoms with E-state index in [0.717, 1.165) is 35.1 Å². The molecule has 0 atom stereocenters. The van der Waals surface area contributed by atoms with Crippen LogP contribution in [0.15, 0.2) is 30.6 Å². The van der Waals surface area contributed by atoms with Gasteiger partial charge in [-0.25, -0.2) is 9.97 Å². The van der Waals surface area contributed by atoms with Gasteiger partial charge in [0.05, 0.1) is 19.9 Å². The van der Waals surface area contributed by atoms with Crippen molar-refractivity contribution in [3.05, 3.63) is 30.6 Å². The lowest BCUT2D eigenvalue weighted by atomic mass is 10.1. The minimum Gasteiger partial charge on any atom is -0.497 e. The van der Waals surface area contributed by atoms with Crippen LogP contribution in [-0.2, 0) is 0 Å². The first kappa shape index (κ1) is 13.1. The van der Waals surface area contributed by atoms with Gasteiger partial charge in [-0.15, -0.1) is 0 Å². The van der Waals surface area contributed by atoms with E-state index in [2.05, 4.69) is 15.3 Å². The number of nitrogens with zero attached hydrogens (tertiary/aromatic N) is 2. The van der Waals surface area contributed by atoms with Crippen molar-refractivity contribution in [3.63, 3.8) is 0 Å². The van der Waals surface area contributed by atoms with Crippen LogP contribution in [0, 0.1) is 0 Å². The van der Waals surface area contributed by atoms with E-state index < -0.39 is 0 Å². The van der Waals surface area contributed by atoms with Crippen LogP contribution < -0.4 is 14.8 Å². The Kier molecular flexibility index (Phi) is 4.18. The van der Waals surface area contributed by atoms with E-state index in [1.54, 1.807) is 14.2 Å². The van der Waals surface area contributed by atoms with Gasteiger partial charge in [-0.1, -0.05) is 0 Å². The summed E-state index contributed by atoms with van der Waals surface area (Å²) >= 11 is 0. The molecule has 5 heteroatoms. The summed E-state index contributed by atoms with van der Waals surface area (Å²) in [5.41, 5.74) is 1.72. The maximum atomic E-state index is 5.38. The highest BCUT2D eigenvalue weighted by molar-refractivity contribution is 5.70. The summed E-state index contributed by atoms with van der Waals surface area (Å²) in [5, 5.41) is 3.16. The van der Waals surface area contributed by atoms with Gasteiger partial charge in [-0.05, 0) is 19.1 Å². The summed E-state index contributed by atoms with van der Waals surface area (Å²) < 4.78 is 10.6. The summed E-state index contributed by atoms with van der Waals surface area (Å²) in [4.78, 5) is 8.44. The number of rotatable bonds is 5. The fourth-order valence-electron chi connectivity index (χ4n) is 1.79. The monoisotopic (exact) mass is 259 g/mol. The molecule has 0 amide bonds. The molecule has 0 aliphatic heterocycles. The van der Waals surface area contributed by atoms with Crippen molar-refractivity contribution in [3.8, 4) is 22.8 Å². The molecule has 0 spiro atoms. The van der Waals surface area contributed by atoms with E-state index in [-0.39, 0.29) is 0 Å². The third-order valence-corrected chi connectivity index (χ3v) is 2.71. The van der Waals surface area contributed by atoms with Crippen molar-refractivity contribution in [2.24, 2.45) is 0 Å². The summed E-state index contributed by atoms with van der Waals surface area (Å²) in [7, 11) is 3.26. The standard InChI is InChI=1S/C14H17N3O2/c1-4-15-14-8-12(16-9-17-14)11-6-5-10(18-2)7-13(11)19-3/h5-9H,4H2,1-3H3,(H,15,16,17). The van der Waals surface area contributed by atoms with Crippen molar-refractivity contribution in [2.45, 2.75) is 6.92 Å². The Morgan fingerprint density at radius 3 is 2.63 bits per heavy atom. The number of benzene rings is 1. The first-order chi connectivity index (χ1) is 9.28. The fourth-order valence-corrected chi connectivity index (χ4v) is 1.79. The Morgan fingerprint density at radius 1 is 1.11 bits per heavy atom. The maximum absolute atomic E-state index is 5.38. The van der Waals surface area contributed by atoms with Crippen LogP contribution in [0.2, 0.25) is 0 Å². The highest BCUT2D eigenvalue weighted by Gasteiger charge is 2.09. The first-order valence-electron chi connectivity index (χ1n) is 6.06. The predicted molar refractivity (Wildman–Crippen MR) is 74.7 cm³/mol. The molecule has 2 aromatic rings. The minimum atomic E-state index is 0.723. The molecule has 1 aromatic carbocycles. The van der Waals surface area contributed by atoms with Gasteiger partial charge in [-0.3, -0.25) is 0 Å². The molecular formula is C14H17N3O2. The second-order valence-electron chi connectivity index (χ2n) is 3.89. The molecule has 1 heterocycles. The van der Waals surface area contributed by atoms with Crippen LogP contribution in [0.5, 0.6) is 11.5 Å². The third kappa shape index (κ3) is 2.93. The minimum absolute atomic E-state index is 0.723. The molecule has 1 N–H and O–H groups in total. The van der Waals surface area contributed by atoms with Crippen LogP contribution in [-0.4, -0.2) is 30.7 Å². The number of methoxy groups -OCH3 is 2. The highest BCUT2D eigenvalue weighted by atomic mass is 16.5. The van der Waals surface area contributed by atoms with Crippen LogP contribution in [0.3, 0.4) is 0 Å². The Hall–Kier alpha value is -2.30. The lowest BCUT2D eigenvalue weighted by Gasteiger charge is -2.10. The van der Waals surface area contributed by atoms with E-state index in [9.17, 15) is 0 Å². The van der Waals surface area contributed by atoms with Gasteiger partial charge in [-0.2, -0.15) is 0 Å². The molecule has 0 fully saturated rings. The summed E-state index contributed by atoms with van der Waals surface area (Å²) in [5.74, 6) is 2.27. The topological polar surface area (TPSA) is 56.3 Å². The van der Waals surface area contributed by atoms with E-state index >= 15 is 0 Å². The Bertz CT molecular complexity index is 558. The molecule has 0 radical (unpaired) electrons. The molecule has 19 heavy (non-hydrogen) atoms. The van der Waals surface area contributed by atoms with Crippen molar-refractivity contribution in [1.29, 1.82) is 0 Å². The average Bonchev–Trinajstić information content (AvgIpc) is 2.47. The summed E-state index contributed by atoms with van der Waals surface area (Å²) in [6.07, 6.45) is 1.54. The van der Waals surface area contributed by atoms with Crippen molar-refractivity contribution in [1.82, 2.24) is 9.97 Å². The maximum Gasteiger partial charge on any atom is 0.131 e. The quantitative estimate of drug-likeness (QED) is 0.894. The number of ether oxygens (including phenoxy) is 2. The van der Waals surface area contributed by atoms with Crippen LogP contribution >= 0.6 is 0 Å². The zero-order chi connectivity index (χ0) is 13.7. The van der Waals surface area contributed by atoms with Gasteiger partial charge in [0, 0.05) is 24.2 Å².